The van der Waals surface area contributed by atoms with Crippen molar-refractivity contribution in [2.24, 2.45) is 0 Å². The monoisotopic (exact) mass is 409 g/mol. The molecule has 152 valence electrons. The van der Waals surface area contributed by atoms with Gasteiger partial charge in [0.05, 0.1) is 0 Å². The molecule has 29 heavy (non-hydrogen) atoms. The zero-order valence-electron chi connectivity index (χ0n) is 17.9. The molecule has 2 aromatic rings. The van der Waals surface area contributed by atoms with Crippen molar-refractivity contribution in [2.45, 2.75) is 39.0 Å². The third-order valence-electron chi connectivity index (χ3n) is 6.21. The van der Waals surface area contributed by atoms with Gasteiger partial charge >= 0.3 is 172 Å². The standard InChI is InChI=1S/C24H28NO3P/c1-17(26)21-22(18(2)27)29(5,6)25(23(3,4)28-29)24(21,19-13-9-7-10-14-19)20-15-11-8-12-16-20/h7-16H,1-6H3. The van der Waals surface area contributed by atoms with Crippen LogP contribution in [0.15, 0.2) is 71.6 Å². The summed E-state index contributed by atoms with van der Waals surface area (Å²) in [6.45, 7) is 7.98. The Labute approximate surface area is 172 Å². The minimum absolute atomic E-state index is 0.0906. The number of hydrogen-bond acceptors (Lipinski definition) is 4. The number of hydrogen-bond donors (Lipinski definition) is 0. The van der Waals surface area contributed by atoms with Crippen LogP contribution < -0.4 is 0 Å². The first-order chi connectivity index (χ1) is 13.5. The first-order valence-electron chi connectivity index (χ1n) is 9.88. The Kier molecular flexibility index (Phi) is 4.13. The van der Waals surface area contributed by atoms with Crippen molar-refractivity contribution in [3.63, 3.8) is 0 Å². The summed E-state index contributed by atoms with van der Waals surface area (Å²) < 4.78 is 8.94. The van der Waals surface area contributed by atoms with Gasteiger partial charge in [-0.25, -0.2) is 0 Å². The zero-order chi connectivity index (χ0) is 21.3. The van der Waals surface area contributed by atoms with Crippen LogP contribution in [0, 0.1) is 0 Å². The van der Waals surface area contributed by atoms with Gasteiger partial charge in [0.1, 0.15) is 0 Å². The predicted octanol–water partition coefficient (Wildman–Crippen LogP) is 5.09. The van der Waals surface area contributed by atoms with E-state index in [0.717, 1.165) is 11.1 Å². The van der Waals surface area contributed by atoms with Gasteiger partial charge in [-0.2, -0.15) is 0 Å². The normalized spacial score (nSPS) is 24.7. The van der Waals surface area contributed by atoms with E-state index in [1.807, 2.05) is 87.8 Å². The molecule has 0 aliphatic carbocycles. The molecule has 0 atom stereocenters. The molecule has 0 N–H and O–H groups in total. The molecule has 2 heterocycles. The summed E-state index contributed by atoms with van der Waals surface area (Å²) in [6, 6.07) is 20.1. The van der Waals surface area contributed by atoms with Crippen LogP contribution >= 0.6 is 6.98 Å². The van der Waals surface area contributed by atoms with E-state index in [1.54, 1.807) is 13.8 Å². The second kappa shape index (κ2) is 5.95. The fraction of sp³-hybridized carbons (Fsp3) is 0.333. The van der Waals surface area contributed by atoms with E-state index >= 15 is 0 Å². The molecule has 1 fully saturated rings. The van der Waals surface area contributed by atoms with Crippen LogP contribution in [0.3, 0.4) is 0 Å². The fourth-order valence-electron chi connectivity index (χ4n) is 6.09. The summed E-state index contributed by atoms with van der Waals surface area (Å²) in [5, 5.41) is 0.565. The summed E-state index contributed by atoms with van der Waals surface area (Å²) in [4.78, 5) is 26.3. The third kappa shape index (κ3) is 2.37. The number of ketones is 2. The molecule has 4 rings (SSSR count). The van der Waals surface area contributed by atoms with Crippen molar-refractivity contribution in [3.05, 3.63) is 82.7 Å². The van der Waals surface area contributed by atoms with Gasteiger partial charge in [0.15, 0.2) is 0 Å². The average molecular weight is 409 g/mol. The number of rotatable bonds is 4. The molecule has 2 aliphatic heterocycles. The Morgan fingerprint density at radius 1 is 0.828 bits per heavy atom. The number of allylic oxidation sites excluding steroid dienone is 1. The third-order valence-corrected chi connectivity index (χ3v) is 11.0. The van der Waals surface area contributed by atoms with E-state index in [9.17, 15) is 9.59 Å². The average Bonchev–Trinajstić information content (AvgIpc) is 2.82. The van der Waals surface area contributed by atoms with Crippen molar-refractivity contribution in [1.82, 2.24) is 4.67 Å². The molecule has 0 spiro atoms. The molecule has 1 saturated heterocycles. The van der Waals surface area contributed by atoms with Gasteiger partial charge in [-0.1, -0.05) is 0 Å². The summed E-state index contributed by atoms with van der Waals surface area (Å²) in [7, 11) is 0. The van der Waals surface area contributed by atoms with E-state index in [-0.39, 0.29) is 11.6 Å². The van der Waals surface area contributed by atoms with Crippen LogP contribution in [0.1, 0.15) is 38.8 Å². The molecule has 0 bridgehead atoms. The van der Waals surface area contributed by atoms with Crippen LogP contribution in [0.5, 0.6) is 0 Å². The topological polar surface area (TPSA) is 46.6 Å². The number of benzene rings is 2. The Morgan fingerprint density at radius 2 is 1.28 bits per heavy atom. The van der Waals surface area contributed by atoms with Crippen LogP contribution in [0.25, 0.3) is 0 Å². The molecular formula is C24H28NO3P. The maximum atomic E-state index is 13.3. The Morgan fingerprint density at radius 3 is 1.62 bits per heavy atom. The number of Topliss-reactive ketones (excluding diaryl/α,β-unsaturated/α-hetero) is 2. The summed E-state index contributed by atoms with van der Waals surface area (Å²) in [6.07, 6.45) is 0. The number of carbonyl (C=O) groups excluding carboxylic acids is 2. The Balaban J connectivity index is 2.25. The summed E-state index contributed by atoms with van der Waals surface area (Å²) in [5.41, 5.74) is 0.989. The van der Waals surface area contributed by atoms with Crippen LogP contribution in [-0.4, -0.2) is 35.3 Å². The molecule has 0 amide bonds. The fourth-order valence-corrected chi connectivity index (χ4v) is 12.3. The second-order valence-electron chi connectivity index (χ2n) is 9.06. The van der Waals surface area contributed by atoms with Gasteiger partial charge in [0.25, 0.3) is 0 Å². The molecular weight excluding hydrogens is 381 g/mol. The van der Waals surface area contributed by atoms with Crippen LogP contribution in [-0.2, 0) is 19.7 Å². The van der Waals surface area contributed by atoms with Crippen LogP contribution in [0.2, 0.25) is 0 Å². The molecule has 0 unspecified atom stereocenters. The van der Waals surface area contributed by atoms with Crippen molar-refractivity contribution < 1.29 is 14.1 Å². The van der Waals surface area contributed by atoms with Gasteiger partial charge in [-0.15, -0.1) is 0 Å². The molecule has 0 radical (unpaired) electrons. The molecule has 0 saturated carbocycles. The van der Waals surface area contributed by atoms with E-state index in [4.69, 9.17) is 4.52 Å². The quantitative estimate of drug-likeness (QED) is 0.660. The van der Waals surface area contributed by atoms with E-state index in [0.29, 0.717) is 10.9 Å². The van der Waals surface area contributed by atoms with Gasteiger partial charge in [-0.3, -0.25) is 0 Å². The first-order valence-corrected chi connectivity index (χ1v) is 12.9. The molecule has 5 heteroatoms. The first kappa shape index (κ1) is 20.2. The van der Waals surface area contributed by atoms with Gasteiger partial charge in [0, 0.05) is 0 Å². The number of nitrogens with zero attached hydrogens (tertiary/aromatic N) is 1. The molecule has 0 aromatic heterocycles. The zero-order valence-corrected chi connectivity index (χ0v) is 18.8. The van der Waals surface area contributed by atoms with E-state index in [1.165, 1.54) is 0 Å². The van der Waals surface area contributed by atoms with E-state index < -0.39 is 18.2 Å². The van der Waals surface area contributed by atoms with Crippen molar-refractivity contribution in [1.29, 1.82) is 0 Å². The maximum absolute atomic E-state index is 13.3. The summed E-state index contributed by atoms with van der Waals surface area (Å²) in [5.74, 6) is -0.184. The van der Waals surface area contributed by atoms with Gasteiger partial charge in [0.2, 0.25) is 0 Å². The van der Waals surface area contributed by atoms with Crippen LogP contribution in [0.4, 0.5) is 0 Å². The SMILES string of the molecule is CC(=O)C1=C(C(C)=O)P2(C)(C)OC(C)(C)N2C1(c1ccccc1)c1ccccc1. The predicted molar refractivity (Wildman–Crippen MR) is 118 cm³/mol. The Bertz CT molecular complexity index is 1010. The van der Waals surface area contributed by atoms with Gasteiger partial charge in [-0.05, 0) is 0 Å². The van der Waals surface area contributed by atoms with Crippen molar-refractivity contribution in [3.8, 4) is 0 Å². The Hall–Kier alpha value is -2.13. The molecule has 2 aliphatic rings. The van der Waals surface area contributed by atoms with E-state index in [2.05, 4.69) is 4.67 Å². The van der Waals surface area contributed by atoms with Crippen molar-refractivity contribution in [2.75, 3.05) is 13.3 Å². The molecule has 2 aromatic carbocycles. The number of carbonyl (C=O) groups is 2. The summed E-state index contributed by atoms with van der Waals surface area (Å²) >= 11 is 0. The molecule has 4 nitrogen and oxygen atoms in total. The minimum atomic E-state index is -3.28. The van der Waals surface area contributed by atoms with Crippen molar-refractivity contribution >= 4 is 18.5 Å². The van der Waals surface area contributed by atoms with Gasteiger partial charge < -0.3 is 0 Å². The second-order valence-corrected chi connectivity index (χ2v) is 14.0. The number of fused-ring (bicyclic) bond motifs is 1.